The van der Waals surface area contributed by atoms with E-state index in [0.29, 0.717) is 21.9 Å². The van der Waals surface area contributed by atoms with Crippen LogP contribution in [0, 0.1) is 5.82 Å². The van der Waals surface area contributed by atoms with E-state index in [9.17, 15) is 14.0 Å². The lowest BCUT2D eigenvalue weighted by atomic mass is 10.2. The first-order chi connectivity index (χ1) is 14.5. The van der Waals surface area contributed by atoms with Crippen LogP contribution in [0.5, 0.6) is 11.5 Å². The molecule has 0 heterocycles. The van der Waals surface area contributed by atoms with Gasteiger partial charge in [0.15, 0.2) is 6.61 Å². The molecule has 0 bridgehead atoms. The van der Waals surface area contributed by atoms with E-state index >= 15 is 0 Å². The predicted octanol–water partition coefficient (Wildman–Crippen LogP) is 4.23. The molecule has 3 rings (SSSR count). The fourth-order valence-electron chi connectivity index (χ4n) is 2.31. The smallest absolute Gasteiger partial charge is 0.343 e. The van der Waals surface area contributed by atoms with E-state index in [1.165, 1.54) is 30.5 Å². The molecule has 152 valence electrons. The summed E-state index contributed by atoms with van der Waals surface area (Å²) in [5.41, 5.74) is 3.14. The van der Waals surface area contributed by atoms with Gasteiger partial charge in [0.1, 0.15) is 17.3 Å². The first-order valence-electron chi connectivity index (χ1n) is 8.78. The Kier molecular flexibility index (Phi) is 7.13. The molecular weight excluding hydrogens is 411 g/mol. The normalized spacial score (nSPS) is 10.6. The molecular formula is C22H16ClFN2O4. The Hall–Kier alpha value is -3.71. The molecule has 30 heavy (non-hydrogen) atoms. The number of nitrogens with zero attached hydrogens (tertiary/aromatic N) is 1. The SMILES string of the molecule is O=C(COc1ccc(F)cc1)N/N=C/c1ccccc1OC(=O)c1ccc(Cl)cc1. The maximum atomic E-state index is 12.8. The Labute approximate surface area is 176 Å². The van der Waals surface area contributed by atoms with Gasteiger partial charge in [-0.25, -0.2) is 14.6 Å². The zero-order valence-electron chi connectivity index (χ0n) is 15.5. The summed E-state index contributed by atoms with van der Waals surface area (Å²) < 4.78 is 23.5. The van der Waals surface area contributed by atoms with Crippen LogP contribution < -0.4 is 14.9 Å². The van der Waals surface area contributed by atoms with E-state index in [0.717, 1.165) is 0 Å². The number of hydrogen-bond donors (Lipinski definition) is 1. The van der Waals surface area contributed by atoms with Crippen molar-refractivity contribution in [3.8, 4) is 11.5 Å². The number of amides is 1. The van der Waals surface area contributed by atoms with Gasteiger partial charge in [-0.05, 0) is 60.7 Å². The van der Waals surface area contributed by atoms with Gasteiger partial charge >= 0.3 is 5.97 Å². The zero-order valence-corrected chi connectivity index (χ0v) is 16.3. The molecule has 8 heteroatoms. The molecule has 0 saturated heterocycles. The van der Waals surface area contributed by atoms with Crippen molar-refractivity contribution in [1.29, 1.82) is 0 Å². The van der Waals surface area contributed by atoms with Gasteiger partial charge in [-0.15, -0.1) is 0 Å². The minimum atomic E-state index is -0.552. The van der Waals surface area contributed by atoms with Crippen molar-refractivity contribution in [3.05, 3.63) is 94.8 Å². The number of para-hydroxylation sites is 1. The highest BCUT2D eigenvalue weighted by Gasteiger charge is 2.11. The molecule has 0 unspecified atom stereocenters. The predicted molar refractivity (Wildman–Crippen MR) is 110 cm³/mol. The second-order valence-electron chi connectivity index (χ2n) is 5.97. The third kappa shape index (κ3) is 6.15. The molecule has 0 aliphatic rings. The number of carbonyl (C=O) groups is 2. The van der Waals surface area contributed by atoms with Gasteiger partial charge in [0.05, 0.1) is 11.8 Å². The Balaban J connectivity index is 1.56. The second kappa shape index (κ2) is 10.2. The molecule has 0 aromatic heterocycles. The van der Waals surface area contributed by atoms with Gasteiger partial charge in [-0.1, -0.05) is 23.7 Å². The summed E-state index contributed by atoms with van der Waals surface area (Å²) in [7, 11) is 0. The summed E-state index contributed by atoms with van der Waals surface area (Å²) in [6, 6.07) is 18.3. The van der Waals surface area contributed by atoms with E-state index in [2.05, 4.69) is 10.5 Å². The lowest BCUT2D eigenvalue weighted by Crippen LogP contribution is -2.24. The molecule has 0 radical (unpaired) electrons. The minimum Gasteiger partial charge on any atom is -0.484 e. The minimum absolute atomic E-state index is 0.276. The Morgan fingerprint density at radius 1 is 1.00 bits per heavy atom. The van der Waals surface area contributed by atoms with Crippen LogP contribution in [0.2, 0.25) is 5.02 Å². The number of nitrogens with one attached hydrogen (secondary N) is 1. The summed E-state index contributed by atoms with van der Waals surface area (Å²) in [6.45, 7) is -0.295. The summed E-state index contributed by atoms with van der Waals surface area (Å²) in [4.78, 5) is 24.1. The molecule has 0 aliphatic carbocycles. The lowest BCUT2D eigenvalue weighted by Gasteiger charge is -2.07. The molecule has 0 fully saturated rings. The van der Waals surface area contributed by atoms with Crippen LogP contribution in [0.1, 0.15) is 15.9 Å². The summed E-state index contributed by atoms with van der Waals surface area (Å²) in [5, 5.41) is 4.36. The highest BCUT2D eigenvalue weighted by Crippen LogP contribution is 2.18. The first kappa shape index (κ1) is 21.0. The van der Waals surface area contributed by atoms with Crippen LogP contribution in [0.4, 0.5) is 4.39 Å². The number of ether oxygens (including phenoxy) is 2. The van der Waals surface area contributed by atoms with Crippen molar-refractivity contribution >= 4 is 29.7 Å². The molecule has 3 aromatic rings. The molecule has 3 aromatic carbocycles. The van der Waals surface area contributed by atoms with Crippen LogP contribution in [0.25, 0.3) is 0 Å². The molecule has 0 atom stereocenters. The molecule has 0 spiro atoms. The van der Waals surface area contributed by atoms with Crippen molar-refractivity contribution in [2.75, 3.05) is 6.61 Å². The quantitative estimate of drug-likeness (QED) is 0.265. The summed E-state index contributed by atoms with van der Waals surface area (Å²) >= 11 is 5.82. The summed E-state index contributed by atoms with van der Waals surface area (Å²) in [6.07, 6.45) is 1.35. The zero-order chi connectivity index (χ0) is 21.3. The molecule has 6 nitrogen and oxygen atoms in total. The molecule has 1 N–H and O–H groups in total. The average Bonchev–Trinajstić information content (AvgIpc) is 2.75. The largest absolute Gasteiger partial charge is 0.484 e. The third-order valence-corrected chi connectivity index (χ3v) is 4.03. The van der Waals surface area contributed by atoms with Crippen LogP contribution in [-0.2, 0) is 4.79 Å². The Morgan fingerprint density at radius 2 is 1.70 bits per heavy atom. The van der Waals surface area contributed by atoms with Gasteiger partial charge in [-0.2, -0.15) is 5.10 Å². The third-order valence-electron chi connectivity index (χ3n) is 3.78. The second-order valence-corrected chi connectivity index (χ2v) is 6.41. The van der Waals surface area contributed by atoms with Gasteiger partial charge in [-0.3, -0.25) is 4.79 Å². The van der Waals surface area contributed by atoms with Crippen molar-refractivity contribution in [3.63, 3.8) is 0 Å². The number of benzene rings is 3. The van der Waals surface area contributed by atoms with Crippen LogP contribution in [0.15, 0.2) is 77.9 Å². The number of carbonyl (C=O) groups excluding carboxylic acids is 2. The number of esters is 1. The highest BCUT2D eigenvalue weighted by molar-refractivity contribution is 6.30. The fourth-order valence-corrected chi connectivity index (χ4v) is 2.44. The van der Waals surface area contributed by atoms with Gasteiger partial charge in [0, 0.05) is 10.6 Å². The van der Waals surface area contributed by atoms with E-state index in [1.54, 1.807) is 48.5 Å². The molecule has 0 aliphatic heterocycles. The standard InChI is InChI=1S/C22H16ClFN2O4/c23-17-7-5-15(6-8-17)22(28)30-20-4-2-1-3-16(20)13-25-26-21(27)14-29-19-11-9-18(24)10-12-19/h1-13H,14H2,(H,26,27)/b25-13+. The number of rotatable bonds is 7. The number of halogens is 2. The highest BCUT2D eigenvalue weighted by atomic mass is 35.5. The van der Waals surface area contributed by atoms with Crippen molar-refractivity contribution in [2.45, 2.75) is 0 Å². The van der Waals surface area contributed by atoms with Crippen molar-refractivity contribution in [2.24, 2.45) is 5.10 Å². The maximum Gasteiger partial charge on any atom is 0.343 e. The monoisotopic (exact) mass is 426 g/mol. The van der Waals surface area contributed by atoms with Crippen LogP contribution in [-0.4, -0.2) is 24.7 Å². The van der Waals surface area contributed by atoms with E-state index in [1.807, 2.05) is 0 Å². The van der Waals surface area contributed by atoms with Crippen molar-refractivity contribution < 1.29 is 23.5 Å². The Bertz CT molecular complexity index is 1050. The maximum absolute atomic E-state index is 12.8. The molecule has 0 saturated carbocycles. The summed E-state index contributed by atoms with van der Waals surface area (Å²) in [5.74, 6) is -0.824. The van der Waals surface area contributed by atoms with Crippen LogP contribution >= 0.6 is 11.6 Å². The van der Waals surface area contributed by atoms with Crippen molar-refractivity contribution in [1.82, 2.24) is 5.43 Å². The van der Waals surface area contributed by atoms with Gasteiger partial charge in [0.2, 0.25) is 0 Å². The fraction of sp³-hybridized carbons (Fsp3) is 0.0455. The van der Waals surface area contributed by atoms with E-state index in [4.69, 9.17) is 21.1 Å². The first-order valence-corrected chi connectivity index (χ1v) is 9.16. The Morgan fingerprint density at radius 3 is 2.43 bits per heavy atom. The topological polar surface area (TPSA) is 77.0 Å². The van der Waals surface area contributed by atoms with Gasteiger partial charge in [0.25, 0.3) is 5.91 Å². The van der Waals surface area contributed by atoms with E-state index < -0.39 is 17.7 Å². The van der Waals surface area contributed by atoms with E-state index in [-0.39, 0.29) is 12.4 Å². The molecule has 1 amide bonds. The number of hydrogen-bond acceptors (Lipinski definition) is 5. The number of hydrazone groups is 1. The average molecular weight is 427 g/mol. The lowest BCUT2D eigenvalue weighted by molar-refractivity contribution is -0.123. The van der Waals surface area contributed by atoms with Gasteiger partial charge < -0.3 is 9.47 Å². The van der Waals surface area contributed by atoms with Crippen LogP contribution in [0.3, 0.4) is 0 Å².